The van der Waals surface area contributed by atoms with Crippen LogP contribution >= 0.6 is 11.8 Å². The highest BCUT2D eigenvalue weighted by Gasteiger charge is 2.31. The van der Waals surface area contributed by atoms with Crippen LogP contribution in [0.2, 0.25) is 0 Å². The molecule has 1 aromatic heterocycles. The van der Waals surface area contributed by atoms with Crippen molar-refractivity contribution in [3.05, 3.63) is 23.7 Å². The molecule has 22 heavy (non-hydrogen) atoms. The third kappa shape index (κ3) is 3.80. The van der Waals surface area contributed by atoms with E-state index in [0.29, 0.717) is 11.7 Å². The molecule has 2 heterocycles. The van der Waals surface area contributed by atoms with Gasteiger partial charge in [0.2, 0.25) is 0 Å². The monoisotopic (exact) mass is 322 g/mol. The largest absolute Gasteiger partial charge is 0.391 e. The first-order valence-corrected chi connectivity index (χ1v) is 9.33. The van der Waals surface area contributed by atoms with Crippen LogP contribution in [-0.4, -0.2) is 58.2 Å². The molecule has 122 valence electrons. The molecule has 3 rings (SSSR count). The first-order chi connectivity index (χ1) is 10.6. The molecule has 2 atom stereocenters. The number of thioether (sulfide) groups is 1. The summed E-state index contributed by atoms with van der Waals surface area (Å²) >= 11 is 1.75. The number of anilines is 1. The topological polar surface area (TPSA) is 75.3 Å². The molecule has 3 N–H and O–H groups in total. The number of rotatable bonds is 3. The van der Waals surface area contributed by atoms with E-state index in [-0.39, 0.29) is 6.10 Å². The van der Waals surface area contributed by atoms with Crippen LogP contribution in [0.15, 0.2) is 12.4 Å². The summed E-state index contributed by atoms with van der Waals surface area (Å²) in [6, 6.07) is 0. The molecular formula is C16H26N4OS. The molecule has 1 fully saturated rings. The molecule has 0 radical (unpaired) electrons. The molecule has 1 saturated heterocycles. The van der Waals surface area contributed by atoms with Crippen LogP contribution in [0.3, 0.4) is 0 Å². The van der Waals surface area contributed by atoms with Crippen molar-refractivity contribution in [2.75, 3.05) is 37.9 Å². The smallest absolute Gasteiger partial charge is 0.130 e. The molecule has 1 aliphatic carbocycles. The summed E-state index contributed by atoms with van der Waals surface area (Å²) in [4.78, 5) is 10.7. The zero-order valence-electron chi connectivity index (χ0n) is 13.6. The van der Waals surface area contributed by atoms with Gasteiger partial charge in [-0.15, -0.1) is 0 Å². The van der Waals surface area contributed by atoms with Crippen molar-refractivity contribution >= 4 is 23.2 Å². The van der Waals surface area contributed by atoms with Crippen molar-refractivity contribution in [2.24, 2.45) is 5.92 Å². The first kappa shape index (κ1) is 17.2. The lowest BCUT2D eigenvalue weighted by molar-refractivity contribution is 0.141. The molecule has 0 saturated carbocycles. The number of aliphatic hydroxyl groups excluding tert-OH is 1. The maximum atomic E-state index is 9.97. The van der Waals surface area contributed by atoms with E-state index < -0.39 is 0 Å². The van der Waals surface area contributed by atoms with E-state index in [1.165, 1.54) is 11.9 Å². The van der Waals surface area contributed by atoms with Gasteiger partial charge in [0.15, 0.2) is 0 Å². The summed E-state index contributed by atoms with van der Waals surface area (Å²) in [6.45, 7) is 4.70. The Hall–Kier alpha value is -1.11. The Morgan fingerprint density at radius 3 is 2.73 bits per heavy atom. The van der Waals surface area contributed by atoms with Crippen LogP contribution < -0.4 is 5.73 Å². The van der Waals surface area contributed by atoms with E-state index in [0.717, 1.165) is 43.7 Å². The van der Waals surface area contributed by atoms with Gasteiger partial charge in [-0.25, -0.2) is 9.97 Å². The second kappa shape index (κ2) is 7.94. The fourth-order valence-electron chi connectivity index (χ4n) is 3.08. The van der Waals surface area contributed by atoms with Crippen molar-refractivity contribution in [3.63, 3.8) is 0 Å². The Balaban J connectivity index is 0.000000545. The maximum Gasteiger partial charge on any atom is 0.130 e. The molecule has 1 aromatic rings. The molecule has 2 aliphatic rings. The number of aromatic nitrogens is 2. The van der Waals surface area contributed by atoms with Gasteiger partial charge in [0.25, 0.3) is 0 Å². The minimum atomic E-state index is -0.193. The summed E-state index contributed by atoms with van der Waals surface area (Å²) in [5, 5.41) is 9.97. The van der Waals surface area contributed by atoms with Gasteiger partial charge in [-0.2, -0.15) is 11.8 Å². The summed E-state index contributed by atoms with van der Waals surface area (Å²) in [6.07, 6.45) is 9.46. The van der Waals surface area contributed by atoms with Gasteiger partial charge < -0.3 is 10.8 Å². The lowest BCUT2D eigenvalue weighted by Crippen LogP contribution is -2.24. The quantitative estimate of drug-likeness (QED) is 0.882. The number of likely N-dealkylation sites (tertiary alicyclic amines) is 1. The van der Waals surface area contributed by atoms with E-state index in [2.05, 4.69) is 27.9 Å². The molecule has 0 amide bonds. The predicted molar refractivity (Wildman–Crippen MR) is 93.8 cm³/mol. The molecule has 5 nitrogen and oxygen atoms in total. The molecular weight excluding hydrogens is 296 g/mol. The summed E-state index contributed by atoms with van der Waals surface area (Å²) in [7, 11) is 0. The molecule has 0 bridgehead atoms. The molecule has 1 aliphatic heterocycles. The number of allylic oxidation sites excluding steroid dienone is 1. The van der Waals surface area contributed by atoms with Crippen LogP contribution in [0.4, 0.5) is 5.82 Å². The van der Waals surface area contributed by atoms with E-state index >= 15 is 0 Å². The van der Waals surface area contributed by atoms with Crippen LogP contribution in [-0.2, 0) is 6.42 Å². The number of aliphatic hydroxyl groups is 1. The van der Waals surface area contributed by atoms with Crippen molar-refractivity contribution in [1.29, 1.82) is 0 Å². The van der Waals surface area contributed by atoms with Gasteiger partial charge in [0, 0.05) is 25.2 Å². The minimum Gasteiger partial charge on any atom is -0.391 e. The first-order valence-electron chi connectivity index (χ1n) is 7.69. The highest BCUT2D eigenvalue weighted by atomic mass is 32.2. The average molecular weight is 322 g/mol. The number of nitrogens with zero attached hydrogens (tertiary/aromatic N) is 3. The lowest BCUT2D eigenvalue weighted by Gasteiger charge is -2.16. The number of fused-ring (bicyclic) bond motifs is 1. The van der Waals surface area contributed by atoms with Crippen molar-refractivity contribution in [2.45, 2.75) is 25.9 Å². The van der Waals surface area contributed by atoms with Gasteiger partial charge in [-0.3, -0.25) is 4.90 Å². The average Bonchev–Trinajstić information content (AvgIpc) is 3.05. The number of β-amino-alcohol motifs (C(OH)–C–C–N with tert-alkyl or cyclic N) is 1. The fraction of sp³-hybridized carbons (Fsp3) is 0.625. The Morgan fingerprint density at radius 1 is 1.36 bits per heavy atom. The van der Waals surface area contributed by atoms with E-state index in [9.17, 15) is 5.11 Å². The Labute approximate surface area is 137 Å². The highest BCUT2D eigenvalue weighted by Crippen LogP contribution is 2.30. The van der Waals surface area contributed by atoms with Gasteiger partial charge in [0.05, 0.1) is 11.8 Å². The number of nitrogens with two attached hydrogens (primary N) is 1. The normalized spacial score (nSPS) is 23.7. The zero-order chi connectivity index (χ0) is 16.1. The van der Waals surface area contributed by atoms with Gasteiger partial charge in [-0.05, 0) is 36.8 Å². The van der Waals surface area contributed by atoms with Gasteiger partial charge in [-0.1, -0.05) is 13.0 Å². The van der Waals surface area contributed by atoms with Crippen LogP contribution in [0.1, 0.15) is 24.6 Å². The van der Waals surface area contributed by atoms with E-state index in [1.807, 2.05) is 12.5 Å². The lowest BCUT2D eigenvalue weighted by atomic mass is 10.0. The van der Waals surface area contributed by atoms with E-state index in [4.69, 9.17) is 5.73 Å². The standard InChI is InChI=1S/C14H20N4O.C2H6S/c1-2-9-5-18(7-12(9)19)6-10-3-4-11-13(10)16-8-17-14(11)15;1-3-2/h3,8-9,12,19H,2,4-7H2,1H3,(H2,15,16,17);1-2H3/t9-,12+;/m0./s1. The minimum absolute atomic E-state index is 0.193. The summed E-state index contributed by atoms with van der Waals surface area (Å²) in [5.74, 6) is 0.987. The second-order valence-electron chi connectivity index (χ2n) is 5.86. The van der Waals surface area contributed by atoms with Crippen molar-refractivity contribution in [3.8, 4) is 0 Å². The molecule has 0 aromatic carbocycles. The van der Waals surface area contributed by atoms with E-state index in [1.54, 1.807) is 11.8 Å². The Morgan fingerprint density at radius 2 is 2.09 bits per heavy atom. The van der Waals surface area contributed by atoms with Crippen LogP contribution in [0.25, 0.3) is 5.57 Å². The van der Waals surface area contributed by atoms with Gasteiger partial charge in [0.1, 0.15) is 12.1 Å². The summed E-state index contributed by atoms with van der Waals surface area (Å²) < 4.78 is 0. The highest BCUT2D eigenvalue weighted by molar-refractivity contribution is 7.97. The molecule has 6 heteroatoms. The van der Waals surface area contributed by atoms with Crippen LogP contribution in [0.5, 0.6) is 0 Å². The maximum absolute atomic E-state index is 9.97. The Bertz CT molecular complexity index is 535. The molecule has 0 spiro atoms. The SMILES string of the molecule is CC[C@H]1CN(CC2=CCc3c(N)ncnc32)C[C@H]1O.CSC. The van der Waals surface area contributed by atoms with Crippen molar-refractivity contribution in [1.82, 2.24) is 14.9 Å². The number of nitrogen functional groups attached to an aromatic ring is 1. The fourth-order valence-corrected chi connectivity index (χ4v) is 3.08. The van der Waals surface area contributed by atoms with Crippen LogP contribution in [0, 0.1) is 5.92 Å². The summed E-state index contributed by atoms with van der Waals surface area (Å²) in [5.41, 5.74) is 9.12. The zero-order valence-corrected chi connectivity index (χ0v) is 14.4. The Kier molecular flexibility index (Phi) is 6.23. The number of hydrogen-bond acceptors (Lipinski definition) is 6. The third-order valence-corrected chi connectivity index (χ3v) is 4.24. The second-order valence-corrected chi connectivity index (χ2v) is 6.67. The predicted octanol–water partition coefficient (Wildman–Crippen LogP) is 1.68. The molecule has 0 unspecified atom stereocenters. The van der Waals surface area contributed by atoms with Gasteiger partial charge >= 0.3 is 0 Å². The van der Waals surface area contributed by atoms with Crippen molar-refractivity contribution < 1.29 is 5.11 Å². The number of hydrogen-bond donors (Lipinski definition) is 2. The third-order valence-electron chi connectivity index (χ3n) is 4.24.